The molecule has 1 unspecified atom stereocenters. The summed E-state index contributed by atoms with van der Waals surface area (Å²) in [6, 6.07) is 21.3. The molecule has 5 rings (SSSR count). The number of nitrogens with zero attached hydrogens (tertiary/aromatic N) is 4. The molecule has 0 radical (unpaired) electrons. The molecule has 1 aliphatic heterocycles. The van der Waals surface area contributed by atoms with Crippen LogP contribution in [0.25, 0.3) is 11.0 Å². The summed E-state index contributed by atoms with van der Waals surface area (Å²) in [6.45, 7) is 0. The maximum atomic E-state index is 13.4. The van der Waals surface area contributed by atoms with Gasteiger partial charge in [0.1, 0.15) is 6.17 Å². The molecule has 1 N–H and O–H groups in total. The van der Waals surface area contributed by atoms with Gasteiger partial charge in [-0.1, -0.05) is 36.0 Å². The molecule has 160 valence electrons. The minimum Gasteiger partial charge on any atom is -0.363 e. The van der Waals surface area contributed by atoms with E-state index in [1.165, 1.54) is 12.1 Å². The number of thioether (sulfide) groups is 1. The highest BCUT2D eigenvalue weighted by Crippen LogP contribution is 2.33. The fraction of sp³-hybridized carbons (Fsp3) is 0.130. The van der Waals surface area contributed by atoms with Crippen LogP contribution in [0.4, 0.5) is 17.1 Å². The molecular weight excluding hydrogens is 426 g/mol. The molecule has 0 saturated heterocycles. The number of hydrogen-bond donors (Lipinski definition) is 1. The van der Waals surface area contributed by atoms with Gasteiger partial charge in [-0.15, -0.1) is 0 Å². The van der Waals surface area contributed by atoms with Crippen LogP contribution in [0.3, 0.4) is 0 Å². The van der Waals surface area contributed by atoms with Gasteiger partial charge in [-0.2, -0.15) is 0 Å². The number of nitro groups is 1. The van der Waals surface area contributed by atoms with Gasteiger partial charge >= 0.3 is 0 Å². The summed E-state index contributed by atoms with van der Waals surface area (Å²) in [6.07, 6.45) is -0.358. The minimum atomic E-state index is -0.450. The van der Waals surface area contributed by atoms with E-state index in [-0.39, 0.29) is 17.8 Å². The SMILES string of the molecule is Cn1c(SCC2Nc3ccccc3C(=O)N2c2ccc([N+](=O)[O-])cc2)nc2ccccc21. The second kappa shape index (κ2) is 8.01. The van der Waals surface area contributed by atoms with Crippen molar-refractivity contribution in [3.05, 3.63) is 88.5 Å². The van der Waals surface area contributed by atoms with Crippen molar-refractivity contribution < 1.29 is 9.72 Å². The Morgan fingerprint density at radius 2 is 1.78 bits per heavy atom. The Bertz CT molecular complexity index is 1340. The van der Waals surface area contributed by atoms with Gasteiger partial charge in [0, 0.05) is 36.3 Å². The number of benzene rings is 3. The van der Waals surface area contributed by atoms with Gasteiger partial charge in [-0.3, -0.25) is 19.8 Å². The van der Waals surface area contributed by atoms with E-state index >= 15 is 0 Å². The molecule has 8 nitrogen and oxygen atoms in total. The summed E-state index contributed by atoms with van der Waals surface area (Å²) in [5.74, 6) is 0.387. The Morgan fingerprint density at radius 3 is 2.53 bits per heavy atom. The number of anilines is 2. The summed E-state index contributed by atoms with van der Waals surface area (Å²) in [4.78, 5) is 30.3. The summed E-state index contributed by atoms with van der Waals surface area (Å²) < 4.78 is 2.04. The molecule has 0 fully saturated rings. The predicted molar refractivity (Wildman–Crippen MR) is 125 cm³/mol. The summed E-state index contributed by atoms with van der Waals surface area (Å²) in [5.41, 5.74) is 3.87. The van der Waals surface area contributed by atoms with E-state index in [9.17, 15) is 14.9 Å². The first-order valence-electron chi connectivity index (χ1n) is 10.0. The zero-order valence-electron chi connectivity index (χ0n) is 17.1. The van der Waals surface area contributed by atoms with Gasteiger partial charge in [0.2, 0.25) is 0 Å². The summed E-state index contributed by atoms with van der Waals surface area (Å²) in [5, 5.41) is 15.3. The van der Waals surface area contributed by atoms with Crippen LogP contribution in [0.2, 0.25) is 0 Å². The van der Waals surface area contributed by atoms with Gasteiger partial charge in [0.15, 0.2) is 5.16 Å². The molecule has 0 aliphatic carbocycles. The quantitative estimate of drug-likeness (QED) is 0.273. The standard InChI is InChI=1S/C23H19N5O3S/c1-26-20-9-5-4-8-19(20)25-23(26)32-14-21-24-18-7-3-2-6-17(18)22(29)27(21)15-10-12-16(13-11-15)28(30)31/h2-13,21,24H,14H2,1H3. The normalized spacial score (nSPS) is 15.5. The zero-order valence-corrected chi connectivity index (χ0v) is 18.0. The van der Waals surface area contributed by atoms with Crippen molar-refractivity contribution in [3.63, 3.8) is 0 Å². The molecule has 1 atom stereocenters. The molecule has 0 bridgehead atoms. The van der Waals surface area contributed by atoms with Crippen molar-refractivity contribution in [2.24, 2.45) is 7.05 Å². The second-order valence-electron chi connectivity index (χ2n) is 7.41. The van der Waals surface area contributed by atoms with Crippen LogP contribution in [0, 0.1) is 10.1 Å². The first kappa shape index (κ1) is 20.1. The molecule has 9 heteroatoms. The number of non-ortho nitro benzene ring substituents is 1. The molecule has 4 aromatic rings. The van der Waals surface area contributed by atoms with Crippen molar-refractivity contribution in [1.29, 1.82) is 0 Å². The lowest BCUT2D eigenvalue weighted by molar-refractivity contribution is -0.384. The fourth-order valence-corrected chi connectivity index (χ4v) is 4.86. The fourth-order valence-electron chi connectivity index (χ4n) is 3.87. The number of aryl methyl sites for hydroxylation is 1. The number of nitro benzene ring substituents is 1. The smallest absolute Gasteiger partial charge is 0.269 e. The summed E-state index contributed by atoms with van der Waals surface area (Å²) in [7, 11) is 1.97. The Labute approximate surface area is 188 Å². The number of amides is 1. The topological polar surface area (TPSA) is 93.3 Å². The van der Waals surface area contributed by atoms with Crippen molar-refractivity contribution in [2.45, 2.75) is 11.3 Å². The van der Waals surface area contributed by atoms with Crippen molar-refractivity contribution in [1.82, 2.24) is 9.55 Å². The van der Waals surface area contributed by atoms with Crippen LogP contribution in [-0.4, -0.2) is 32.3 Å². The number of carbonyl (C=O) groups is 1. The van der Waals surface area contributed by atoms with Crippen molar-refractivity contribution in [2.75, 3.05) is 16.0 Å². The first-order valence-corrected chi connectivity index (χ1v) is 11.0. The largest absolute Gasteiger partial charge is 0.363 e. The van der Waals surface area contributed by atoms with E-state index in [0.717, 1.165) is 21.9 Å². The number of carbonyl (C=O) groups excluding carboxylic acids is 1. The van der Waals surface area contributed by atoms with Crippen molar-refractivity contribution >= 4 is 45.8 Å². The molecule has 2 heterocycles. The third-order valence-corrected chi connectivity index (χ3v) is 6.57. The number of nitrogens with one attached hydrogen (secondary N) is 1. The zero-order chi connectivity index (χ0) is 22.2. The van der Waals surface area contributed by atoms with Crippen LogP contribution >= 0.6 is 11.8 Å². The second-order valence-corrected chi connectivity index (χ2v) is 8.39. The van der Waals surface area contributed by atoms with E-state index < -0.39 is 4.92 Å². The van der Waals surface area contributed by atoms with Crippen LogP contribution in [0.5, 0.6) is 0 Å². The predicted octanol–water partition coefficient (Wildman–Crippen LogP) is 4.67. The first-order chi connectivity index (χ1) is 15.5. The molecule has 32 heavy (non-hydrogen) atoms. The van der Waals surface area contributed by atoms with Gasteiger partial charge in [0.25, 0.3) is 11.6 Å². The molecule has 1 aliphatic rings. The lowest BCUT2D eigenvalue weighted by atomic mass is 10.1. The minimum absolute atomic E-state index is 0.0165. The van der Waals surface area contributed by atoms with Crippen LogP contribution in [0.15, 0.2) is 78.0 Å². The Balaban J connectivity index is 1.48. The monoisotopic (exact) mass is 445 g/mol. The van der Waals surface area contributed by atoms with Crippen molar-refractivity contribution in [3.8, 4) is 0 Å². The van der Waals surface area contributed by atoms with E-state index in [2.05, 4.69) is 5.32 Å². The Kier molecular flexibility index (Phi) is 5.02. The molecule has 0 spiro atoms. The third-order valence-electron chi connectivity index (χ3n) is 5.47. The highest BCUT2D eigenvalue weighted by molar-refractivity contribution is 7.99. The average Bonchev–Trinajstić information content (AvgIpc) is 3.13. The van der Waals surface area contributed by atoms with Gasteiger partial charge in [-0.25, -0.2) is 4.98 Å². The molecule has 3 aromatic carbocycles. The molecular formula is C23H19N5O3S. The van der Waals surface area contributed by atoms with E-state index in [1.54, 1.807) is 34.9 Å². The Hall–Kier alpha value is -3.85. The Morgan fingerprint density at radius 1 is 1.06 bits per heavy atom. The third kappa shape index (κ3) is 3.46. The average molecular weight is 446 g/mol. The van der Waals surface area contributed by atoms with Crippen LogP contribution in [-0.2, 0) is 7.05 Å². The van der Waals surface area contributed by atoms with E-state index in [4.69, 9.17) is 4.98 Å². The number of hydrogen-bond acceptors (Lipinski definition) is 6. The van der Waals surface area contributed by atoms with E-state index in [0.29, 0.717) is 17.0 Å². The highest BCUT2D eigenvalue weighted by atomic mass is 32.2. The van der Waals surface area contributed by atoms with Crippen LogP contribution < -0.4 is 10.2 Å². The lowest BCUT2D eigenvalue weighted by Crippen LogP contribution is -2.50. The molecule has 0 saturated carbocycles. The molecule has 1 amide bonds. The van der Waals surface area contributed by atoms with Gasteiger partial charge in [-0.05, 0) is 36.4 Å². The number of rotatable bonds is 5. The maximum Gasteiger partial charge on any atom is 0.269 e. The molecule has 1 aromatic heterocycles. The van der Waals surface area contributed by atoms with Gasteiger partial charge < -0.3 is 9.88 Å². The van der Waals surface area contributed by atoms with E-state index in [1.807, 2.05) is 54.1 Å². The highest BCUT2D eigenvalue weighted by Gasteiger charge is 2.33. The number of para-hydroxylation sites is 3. The lowest BCUT2D eigenvalue weighted by Gasteiger charge is -2.37. The van der Waals surface area contributed by atoms with Crippen LogP contribution in [0.1, 0.15) is 10.4 Å². The summed E-state index contributed by atoms with van der Waals surface area (Å²) >= 11 is 1.55. The maximum absolute atomic E-state index is 13.4. The van der Waals surface area contributed by atoms with Gasteiger partial charge in [0.05, 0.1) is 21.5 Å². The number of imidazole rings is 1. The number of aromatic nitrogens is 2. The number of fused-ring (bicyclic) bond motifs is 2.